The molecule has 1 N–H and O–H groups in total. The number of amides is 1. The van der Waals surface area contributed by atoms with E-state index in [9.17, 15) is 4.79 Å². The zero-order valence-electron chi connectivity index (χ0n) is 16.0. The van der Waals surface area contributed by atoms with Gasteiger partial charge in [-0.15, -0.1) is 22.7 Å². The number of ether oxygens (including phenoxy) is 2. The van der Waals surface area contributed by atoms with Crippen molar-refractivity contribution in [2.75, 3.05) is 32.8 Å². The summed E-state index contributed by atoms with van der Waals surface area (Å²) >= 11 is 3.26. The number of benzene rings is 1. The van der Waals surface area contributed by atoms with Gasteiger partial charge < -0.3 is 14.8 Å². The predicted octanol–water partition coefficient (Wildman–Crippen LogP) is 3.59. The second-order valence-corrected chi connectivity index (χ2v) is 8.38. The number of hydrogen-bond donors (Lipinski definition) is 1. The van der Waals surface area contributed by atoms with Crippen LogP contribution in [0.15, 0.2) is 52.7 Å². The maximum atomic E-state index is 12.8. The molecule has 0 bridgehead atoms. The highest BCUT2D eigenvalue weighted by molar-refractivity contribution is 7.10. The highest BCUT2D eigenvalue weighted by Crippen LogP contribution is 2.25. The van der Waals surface area contributed by atoms with Crippen LogP contribution in [0, 0.1) is 0 Å². The van der Waals surface area contributed by atoms with Gasteiger partial charge in [-0.1, -0.05) is 12.1 Å². The Kier molecular flexibility index (Phi) is 6.89. The Bertz CT molecular complexity index is 894. The Labute approximate surface area is 178 Å². The van der Waals surface area contributed by atoms with E-state index in [1.807, 2.05) is 17.5 Å². The van der Waals surface area contributed by atoms with Gasteiger partial charge in [-0.3, -0.25) is 9.69 Å². The van der Waals surface area contributed by atoms with Gasteiger partial charge in [0.05, 0.1) is 30.5 Å². The van der Waals surface area contributed by atoms with Crippen molar-refractivity contribution in [2.24, 2.45) is 0 Å². The molecule has 0 saturated carbocycles. The van der Waals surface area contributed by atoms with E-state index in [1.165, 1.54) is 16.2 Å². The maximum Gasteiger partial charge on any atom is 0.251 e. The van der Waals surface area contributed by atoms with Crippen molar-refractivity contribution in [3.05, 3.63) is 68.8 Å². The molecule has 3 aromatic rings. The molecule has 1 aliphatic rings. The molecule has 1 aromatic carbocycles. The molecule has 2 aromatic heterocycles. The third-order valence-electron chi connectivity index (χ3n) is 4.78. The van der Waals surface area contributed by atoms with Crippen molar-refractivity contribution in [3.8, 4) is 5.75 Å². The van der Waals surface area contributed by atoms with Gasteiger partial charge in [-0.05, 0) is 29.6 Å². The summed E-state index contributed by atoms with van der Waals surface area (Å²) in [6.07, 6.45) is 0. The van der Waals surface area contributed by atoms with Gasteiger partial charge in [0.1, 0.15) is 12.4 Å². The van der Waals surface area contributed by atoms with Gasteiger partial charge in [-0.2, -0.15) is 0 Å². The molecule has 0 aliphatic carbocycles. The van der Waals surface area contributed by atoms with Crippen LogP contribution in [0.25, 0.3) is 0 Å². The lowest BCUT2D eigenvalue weighted by Crippen LogP contribution is -2.43. The molecule has 6 nitrogen and oxygen atoms in total. The Morgan fingerprint density at radius 1 is 1.28 bits per heavy atom. The number of hydrogen-bond acceptors (Lipinski definition) is 7. The lowest BCUT2D eigenvalue weighted by Gasteiger charge is -2.34. The third kappa shape index (κ3) is 5.42. The standard InChI is InChI=1S/C21H23N3O3S2/c25-21(16-3-1-4-18(11-16)27-13-17-14-28-15-23-17)22-12-19(20-5-2-10-29-20)24-6-8-26-9-7-24/h1-5,10-11,14-15,19H,6-9,12-13H2,(H,22,25). The van der Waals surface area contributed by atoms with Gasteiger partial charge in [0.2, 0.25) is 0 Å². The largest absolute Gasteiger partial charge is 0.487 e. The molecule has 1 unspecified atom stereocenters. The summed E-state index contributed by atoms with van der Waals surface area (Å²) < 4.78 is 11.2. The average Bonchev–Trinajstić information content (AvgIpc) is 3.48. The summed E-state index contributed by atoms with van der Waals surface area (Å²) in [6, 6.07) is 11.6. The fourth-order valence-corrected chi connectivity index (χ4v) is 4.67. The minimum atomic E-state index is -0.0982. The number of thiophene rings is 1. The molecule has 1 atom stereocenters. The summed E-state index contributed by atoms with van der Waals surface area (Å²) in [4.78, 5) is 20.6. The number of nitrogens with zero attached hydrogens (tertiary/aromatic N) is 2. The molecule has 1 aliphatic heterocycles. The van der Waals surface area contributed by atoms with Crippen LogP contribution in [-0.2, 0) is 11.3 Å². The van der Waals surface area contributed by atoms with E-state index in [0.29, 0.717) is 24.5 Å². The molecular formula is C21H23N3O3S2. The molecule has 0 spiro atoms. The van der Waals surface area contributed by atoms with E-state index >= 15 is 0 Å². The maximum absolute atomic E-state index is 12.8. The highest BCUT2D eigenvalue weighted by Gasteiger charge is 2.24. The average molecular weight is 430 g/mol. The fourth-order valence-electron chi connectivity index (χ4n) is 3.26. The van der Waals surface area contributed by atoms with E-state index in [1.54, 1.807) is 29.0 Å². The summed E-state index contributed by atoms with van der Waals surface area (Å²) in [5.74, 6) is 0.563. The van der Waals surface area contributed by atoms with Crippen molar-refractivity contribution in [2.45, 2.75) is 12.6 Å². The van der Waals surface area contributed by atoms with Crippen molar-refractivity contribution in [3.63, 3.8) is 0 Å². The van der Waals surface area contributed by atoms with Crippen LogP contribution in [0.4, 0.5) is 0 Å². The third-order valence-corrected chi connectivity index (χ3v) is 6.39. The molecule has 3 heterocycles. The SMILES string of the molecule is O=C(NCC(c1cccs1)N1CCOCC1)c1cccc(OCc2cscn2)c1. The van der Waals surface area contributed by atoms with Crippen molar-refractivity contribution >= 4 is 28.6 Å². The van der Waals surface area contributed by atoms with Crippen LogP contribution in [0.3, 0.4) is 0 Å². The van der Waals surface area contributed by atoms with Crippen LogP contribution in [0.1, 0.15) is 27.0 Å². The highest BCUT2D eigenvalue weighted by atomic mass is 32.1. The van der Waals surface area contributed by atoms with E-state index in [2.05, 4.69) is 32.7 Å². The van der Waals surface area contributed by atoms with Crippen LogP contribution >= 0.6 is 22.7 Å². The van der Waals surface area contributed by atoms with E-state index in [-0.39, 0.29) is 11.9 Å². The Balaban J connectivity index is 1.38. The number of aromatic nitrogens is 1. The molecule has 0 radical (unpaired) electrons. The number of rotatable bonds is 8. The van der Waals surface area contributed by atoms with Crippen LogP contribution in [0.5, 0.6) is 5.75 Å². The summed E-state index contributed by atoms with van der Waals surface area (Å²) in [5.41, 5.74) is 3.25. The smallest absolute Gasteiger partial charge is 0.251 e. The normalized spacial score (nSPS) is 15.7. The van der Waals surface area contributed by atoms with Gasteiger partial charge in [0.25, 0.3) is 5.91 Å². The lowest BCUT2D eigenvalue weighted by molar-refractivity contribution is 0.0169. The Hall–Kier alpha value is -2.26. The monoisotopic (exact) mass is 429 g/mol. The molecule has 29 heavy (non-hydrogen) atoms. The van der Waals surface area contributed by atoms with Crippen molar-refractivity contribution < 1.29 is 14.3 Å². The Morgan fingerprint density at radius 3 is 2.93 bits per heavy atom. The second kappa shape index (κ2) is 9.98. The molecular weight excluding hydrogens is 406 g/mol. The first-order valence-electron chi connectivity index (χ1n) is 9.53. The number of nitrogens with one attached hydrogen (secondary N) is 1. The van der Waals surface area contributed by atoms with Gasteiger partial charge in [0.15, 0.2) is 0 Å². The minimum absolute atomic E-state index is 0.0982. The van der Waals surface area contributed by atoms with Crippen LogP contribution < -0.4 is 10.1 Å². The molecule has 8 heteroatoms. The zero-order chi connectivity index (χ0) is 19.9. The van der Waals surface area contributed by atoms with E-state index < -0.39 is 0 Å². The quantitative estimate of drug-likeness (QED) is 0.593. The first-order chi connectivity index (χ1) is 14.3. The topological polar surface area (TPSA) is 63.7 Å². The molecule has 1 amide bonds. The first-order valence-corrected chi connectivity index (χ1v) is 11.3. The molecule has 152 valence electrons. The molecule has 1 saturated heterocycles. The minimum Gasteiger partial charge on any atom is -0.487 e. The second-order valence-electron chi connectivity index (χ2n) is 6.69. The van der Waals surface area contributed by atoms with Gasteiger partial charge in [-0.25, -0.2) is 4.98 Å². The number of morpholine rings is 1. The van der Waals surface area contributed by atoms with Gasteiger partial charge in [0, 0.05) is 35.5 Å². The molecule has 1 fully saturated rings. The summed E-state index contributed by atoms with van der Waals surface area (Å²) in [6.45, 7) is 4.16. The van der Waals surface area contributed by atoms with Crippen LogP contribution in [-0.4, -0.2) is 48.6 Å². The Morgan fingerprint density at radius 2 is 2.17 bits per heavy atom. The first kappa shape index (κ1) is 20.0. The van der Waals surface area contributed by atoms with Crippen molar-refractivity contribution in [1.82, 2.24) is 15.2 Å². The lowest BCUT2D eigenvalue weighted by atomic mass is 10.1. The fraction of sp³-hybridized carbons (Fsp3) is 0.333. The van der Waals surface area contributed by atoms with Crippen LogP contribution in [0.2, 0.25) is 0 Å². The zero-order valence-corrected chi connectivity index (χ0v) is 17.6. The van der Waals surface area contributed by atoms with E-state index in [0.717, 1.165) is 32.0 Å². The summed E-state index contributed by atoms with van der Waals surface area (Å²) in [5, 5.41) is 7.13. The van der Waals surface area contributed by atoms with Gasteiger partial charge >= 0.3 is 0 Å². The van der Waals surface area contributed by atoms with Crippen molar-refractivity contribution in [1.29, 1.82) is 0 Å². The molecule has 4 rings (SSSR count). The predicted molar refractivity (Wildman–Crippen MR) is 115 cm³/mol. The van der Waals surface area contributed by atoms with E-state index in [4.69, 9.17) is 9.47 Å². The number of carbonyl (C=O) groups excluding carboxylic acids is 1. The summed E-state index contributed by atoms with van der Waals surface area (Å²) in [7, 11) is 0. The number of thiazole rings is 1. The number of carbonyl (C=O) groups is 1.